The van der Waals surface area contributed by atoms with E-state index < -0.39 is 11.7 Å². The summed E-state index contributed by atoms with van der Waals surface area (Å²) in [5.41, 5.74) is 2.08. The fourth-order valence-electron chi connectivity index (χ4n) is 1.69. The van der Waals surface area contributed by atoms with E-state index in [9.17, 15) is 9.59 Å². The lowest BCUT2D eigenvalue weighted by molar-refractivity contribution is 0.0988. The van der Waals surface area contributed by atoms with Gasteiger partial charge in [0.15, 0.2) is 5.58 Å². The first-order chi connectivity index (χ1) is 9.11. The third-order valence-corrected chi connectivity index (χ3v) is 2.53. The maximum Gasteiger partial charge on any atom is 0.417 e. The fraction of sp³-hybridized carbons (Fsp3) is 0.0833. The van der Waals surface area contributed by atoms with Crippen LogP contribution in [0.3, 0.4) is 0 Å². The molecule has 2 heterocycles. The third kappa shape index (κ3) is 2.13. The molecule has 1 amide bonds. The van der Waals surface area contributed by atoms with Crippen molar-refractivity contribution in [2.75, 3.05) is 5.32 Å². The molecular weight excluding hydrogens is 250 g/mol. The van der Waals surface area contributed by atoms with Gasteiger partial charge < -0.3 is 14.3 Å². The molecule has 3 rings (SSSR count). The average Bonchev–Trinajstić information content (AvgIpc) is 2.93. The smallest absolute Gasteiger partial charge is 0.408 e. The molecule has 2 N–H and O–H groups in total. The number of aromatic amines is 1. The molecule has 0 aliphatic rings. The summed E-state index contributed by atoms with van der Waals surface area (Å²) in [6.07, 6.45) is 0. The highest BCUT2D eigenvalue weighted by molar-refractivity contribution is 6.02. The number of carbonyl (C=O) groups excluding carboxylic acids is 1. The molecule has 0 fully saturated rings. The van der Waals surface area contributed by atoms with E-state index in [4.69, 9.17) is 8.94 Å². The molecule has 0 radical (unpaired) electrons. The van der Waals surface area contributed by atoms with Crippen molar-refractivity contribution < 1.29 is 13.7 Å². The Hall–Kier alpha value is -2.83. The van der Waals surface area contributed by atoms with Crippen molar-refractivity contribution >= 4 is 22.7 Å². The van der Waals surface area contributed by atoms with Crippen molar-refractivity contribution in [3.63, 3.8) is 0 Å². The summed E-state index contributed by atoms with van der Waals surface area (Å²) in [5.74, 6) is -0.826. The average molecular weight is 259 g/mol. The Labute approximate surface area is 106 Å². The summed E-state index contributed by atoms with van der Waals surface area (Å²) in [6, 6.07) is 6.35. The molecule has 2 aromatic heterocycles. The summed E-state index contributed by atoms with van der Waals surface area (Å²) in [7, 11) is 0. The monoisotopic (exact) mass is 259 g/mol. The fourth-order valence-corrected chi connectivity index (χ4v) is 1.69. The van der Waals surface area contributed by atoms with E-state index >= 15 is 0 Å². The van der Waals surface area contributed by atoms with E-state index in [1.807, 2.05) is 0 Å². The summed E-state index contributed by atoms with van der Waals surface area (Å²) in [5, 5.41) is 6.27. The van der Waals surface area contributed by atoms with Crippen LogP contribution in [0.4, 0.5) is 5.69 Å². The highest BCUT2D eigenvalue weighted by atomic mass is 16.5. The van der Waals surface area contributed by atoms with Gasteiger partial charge in [-0.2, -0.15) is 0 Å². The van der Waals surface area contributed by atoms with Gasteiger partial charge in [0.2, 0.25) is 5.76 Å². The van der Waals surface area contributed by atoms with Crippen molar-refractivity contribution in [2.24, 2.45) is 0 Å². The number of anilines is 1. The van der Waals surface area contributed by atoms with Crippen molar-refractivity contribution in [3.05, 3.63) is 46.3 Å². The Bertz CT molecular complexity index is 812. The molecule has 1 aromatic carbocycles. The maximum absolute atomic E-state index is 11.8. The van der Waals surface area contributed by atoms with Crippen LogP contribution in [0.25, 0.3) is 11.1 Å². The molecule has 0 saturated heterocycles. The quantitative estimate of drug-likeness (QED) is 0.728. The van der Waals surface area contributed by atoms with Gasteiger partial charge in [-0.1, -0.05) is 5.16 Å². The Kier molecular flexibility index (Phi) is 2.45. The lowest BCUT2D eigenvalue weighted by atomic mass is 10.2. The molecule has 96 valence electrons. The van der Waals surface area contributed by atoms with E-state index in [-0.39, 0.29) is 5.76 Å². The number of H-pyrrole nitrogens is 1. The second kappa shape index (κ2) is 4.13. The first-order valence-electron chi connectivity index (χ1n) is 5.49. The van der Waals surface area contributed by atoms with Crippen LogP contribution < -0.4 is 11.1 Å². The first kappa shape index (κ1) is 11.3. The zero-order valence-electron chi connectivity index (χ0n) is 9.89. The minimum Gasteiger partial charge on any atom is -0.408 e. The summed E-state index contributed by atoms with van der Waals surface area (Å²) >= 11 is 0. The minimum absolute atomic E-state index is 0.123. The van der Waals surface area contributed by atoms with Gasteiger partial charge in [-0.3, -0.25) is 9.78 Å². The van der Waals surface area contributed by atoms with E-state index in [0.717, 1.165) is 0 Å². The molecule has 0 unspecified atom stereocenters. The van der Waals surface area contributed by atoms with Crippen LogP contribution in [-0.4, -0.2) is 16.0 Å². The summed E-state index contributed by atoms with van der Waals surface area (Å²) in [4.78, 5) is 25.3. The van der Waals surface area contributed by atoms with Crippen LogP contribution in [0.2, 0.25) is 0 Å². The molecule has 0 aliphatic carbocycles. The molecule has 19 heavy (non-hydrogen) atoms. The van der Waals surface area contributed by atoms with Gasteiger partial charge in [0.05, 0.1) is 11.2 Å². The molecule has 0 spiro atoms. The molecule has 3 aromatic rings. The summed E-state index contributed by atoms with van der Waals surface area (Å²) < 4.78 is 9.71. The number of aryl methyl sites for hydroxylation is 1. The number of amides is 1. The minimum atomic E-state index is -0.538. The van der Waals surface area contributed by atoms with Crippen molar-refractivity contribution in [1.82, 2.24) is 10.1 Å². The largest absolute Gasteiger partial charge is 0.417 e. The summed E-state index contributed by atoms with van der Waals surface area (Å²) in [6.45, 7) is 1.72. The molecule has 0 atom stereocenters. The highest BCUT2D eigenvalue weighted by Crippen LogP contribution is 2.17. The number of aromatic nitrogens is 2. The predicted molar refractivity (Wildman–Crippen MR) is 66.0 cm³/mol. The van der Waals surface area contributed by atoms with E-state index in [1.54, 1.807) is 25.1 Å². The molecule has 7 nitrogen and oxygen atoms in total. The van der Waals surface area contributed by atoms with Crippen molar-refractivity contribution in [2.45, 2.75) is 6.92 Å². The van der Waals surface area contributed by atoms with Gasteiger partial charge in [0.1, 0.15) is 0 Å². The number of carbonyl (C=O) groups is 1. The van der Waals surface area contributed by atoms with Gasteiger partial charge in [0.25, 0.3) is 5.91 Å². The standard InChI is InChI=1S/C12H9N3O4/c1-6-4-10(19-15-6)11(16)13-7-2-3-9-8(5-7)14-12(17)18-9/h2-5H,1H3,(H,13,16)(H,14,17). The molecule has 0 aliphatic heterocycles. The Morgan fingerprint density at radius 2 is 2.21 bits per heavy atom. The Balaban J connectivity index is 1.88. The maximum atomic E-state index is 11.8. The predicted octanol–water partition coefficient (Wildman–Crippen LogP) is 1.67. The van der Waals surface area contributed by atoms with Crippen LogP contribution in [0, 0.1) is 6.92 Å². The number of nitrogens with zero attached hydrogens (tertiary/aromatic N) is 1. The second-order valence-electron chi connectivity index (χ2n) is 4.01. The number of benzene rings is 1. The molecule has 0 saturated carbocycles. The highest BCUT2D eigenvalue weighted by Gasteiger charge is 2.12. The SMILES string of the molecule is Cc1cc(C(=O)Nc2ccc3oc(=O)[nH]c3c2)on1. The van der Waals surface area contributed by atoms with Gasteiger partial charge in [-0.15, -0.1) is 0 Å². The van der Waals surface area contributed by atoms with E-state index in [1.165, 1.54) is 6.07 Å². The van der Waals surface area contributed by atoms with E-state index in [0.29, 0.717) is 22.5 Å². The van der Waals surface area contributed by atoms with Gasteiger partial charge in [-0.25, -0.2) is 4.79 Å². The van der Waals surface area contributed by atoms with Gasteiger partial charge in [-0.05, 0) is 25.1 Å². The van der Waals surface area contributed by atoms with Crippen LogP contribution in [-0.2, 0) is 0 Å². The number of hydrogen-bond acceptors (Lipinski definition) is 5. The number of fused-ring (bicyclic) bond motifs is 1. The molecule has 0 bridgehead atoms. The molecular formula is C12H9N3O4. The lowest BCUT2D eigenvalue weighted by Crippen LogP contribution is -2.10. The van der Waals surface area contributed by atoms with Crippen LogP contribution >= 0.6 is 0 Å². The number of rotatable bonds is 2. The lowest BCUT2D eigenvalue weighted by Gasteiger charge is -2.01. The number of nitrogens with one attached hydrogen (secondary N) is 2. The number of hydrogen-bond donors (Lipinski definition) is 2. The number of oxazole rings is 1. The normalized spacial score (nSPS) is 10.8. The van der Waals surface area contributed by atoms with Crippen molar-refractivity contribution in [1.29, 1.82) is 0 Å². The Morgan fingerprint density at radius 1 is 1.37 bits per heavy atom. The van der Waals surface area contributed by atoms with Gasteiger partial charge in [0, 0.05) is 11.8 Å². The van der Waals surface area contributed by atoms with E-state index in [2.05, 4.69) is 15.5 Å². The second-order valence-corrected chi connectivity index (χ2v) is 4.01. The zero-order chi connectivity index (χ0) is 13.4. The Morgan fingerprint density at radius 3 is 2.95 bits per heavy atom. The first-order valence-corrected chi connectivity index (χ1v) is 5.49. The van der Waals surface area contributed by atoms with Gasteiger partial charge >= 0.3 is 5.76 Å². The van der Waals surface area contributed by atoms with Crippen LogP contribution in [0.5, 0.6) is 0 Å². The zero-order valence-corrected chi connectivity index (χ0v) is 9.89. The molecule has 7 heteroatoms. The van der Waals surface area contributed by atoms with Crippen molar-refractivity contribution in [3.8, 4) is 0 Å². The van der Waals surface area contributed by atoms with Crippen LogP contribution in [0.1, 0.15) is 16.2 Å². The third-order valence-electron chi connectivity index (χ3n) is 2.53. The topological polar surface area (TPSA) is 101 Å². The van der Waals surface area contributed by atoms with Crippen LogP contribution in [0.15, 0.2) is 38.0 Å².